The van der Waals surface area contributed by atoms with Crippen molar-refractivity contribution in [1.82, 2.24) is 4.98 Å². The summed E-state index contributed by atoms with van der Waals surface area (Å²) in [7, 11) is 0. The first-order valence-electron chi connectivity index (χ1n) is 4.61. The normalized spacial score (nSPS) is 11.0. The fourth-order valence-corrected chi connectivity index (χ4v) is 1.80. The molecule has 0 saturated heterocycles. The maximum absolute atomic E-state index is 8.88. The Kier molecular flexibility index (Phi) is 2.75. The number of aromatic amines is 1. The Bertz CT molecular complexity index is 436. The first kappa shape index (κ1) is 9.56. The van der Waals surface area contributed by atoms with E-state index in [0.717, 1.165) is 22.0 Å². The molecule has 3 heteroatoms. The molecule has 0 fully saturated rings. The van der Waals surface area contributed by atoms with Crippen LogP contribution in [0.1, 0.15) is 11.1 Å². The van der Waals surface area contributed by atoms with Crippen molar-refractivity contribution >= 4 is 22.5 Å². The van der Waals surface area contributed by atoms with Gasteiger partial charge in [0.1, 0.15) is 0 Å². The highest BCUT2D eigenvalue weighted by Crippen LogP contribution is 2.20. The van der Waals surface area contributed by atoms with Gasteiger partial charge in [-0.15, -0.1) is 11.6 Å². The van der Waals surface area contributed by atoms with Crippen molar-refractivity contribution < 1.29 is 5.11 Å². The van der Waals surface area contributed by atoms with Crippen molar-refractivity contribution in [3.63, 3.8) is 0 Å². The summed E-state index contributed by atoms with van der Waals surface area (Å²) < 4.78 is 0. The second kappa shape index (κ2) is 4.03. The van der Waals surface area contributed by atoms with Crippen molar-refractivity contribution in [2.75, 3.05) is 6.61 Å². The average Bonchev–Trinajstić information content (AvgIpc) is 2.61. The molecule has 14 heavy (non-hydrogen) atoms. The van der Waals surface area contributed by atoms with E-state index in [4.69, 9.17) is 16.7 Å². The van der Waals surface area contributed by atoms with E-state index >= 15 is 0 Å². The molecular formula is C11H12ClNO. The Hall–Kier alpha value is -0.990. The number of benzene rings is 1. The van der Waals surface area contributed by atoms with Gasteiger partial charge in [0.2, 0.25) is 0 Å². The third-order valence-corrected chi connectivity index (χ3v) is 2.68. The van der Waals surface area contributed by atoms with Crippen LogP contribution in [0.4, 0.5) is 0 Å². The molecule has 1 heterocycles. The summed E-state index contributed by atoms with van der Waals surface area (Å²) in [5.74, 6) is 0.527. The molecule has 0 bridgehead atoms. The number of aliphatic hydroxyl groups is 1. The number of aromatic nitrogens is 1. The van der Waals surface area contributed by atoms with Gasteiger partial charge in [-0.1, -0.05) is 6.07 Å². The van der Waals surface area contributed by atoms with Crippen LogP contribution in [0, 0.1) is 0 Å². The molecule has 0 unspecified atom stereocenters. The van der Waals surface area contributed by atoms with Gasteiger partial charge >= 0.3 is 0 Å². The van der Waals surface area contributed by atoms with E-state index in [1.807, 2.05) is 18.3 Å². The number of H-pyrrole nitrogens is 1. The van der Waals surface area contributed by atoms with E-state index in [-0.39, 0.29) is 6.61 Å². The van der Waals surface area contributed by atoms with E-state index < -0.39 is 0 Å². The summed E-state index contributed by atoms with van der Waals surface area (Å²) in [5, 5.41) is 10.0. The number of halogens is 1. The van der Waals surface area contributed by atoms with Gasteiger partial charge in [0.15, 0.2) is 0 Å². The van der Waals surface area contributed by atoms with Gasteiger partial charge in [-0.2, -0.15) is 0 Å². The lowest BCUT2D eigenvalue weighted by atomic mass is 10.1. The van der Waals surface area contributed by atoms with Gasteiger partial charge in [-0.25, -0.2) is 0 Å². The monoisotopic (exact) mass is 209 g/mol. The highest BCUT2D eigenvalue weighted by Gasteiger charge is 2.03. The Morgan fingerprint density at radius 1 is 1.36 bits per heavy atom. The summed E-state index contributed by atoms with van der Waals surface area (Å²) in [6.45, 7) is 0.179. The summed E-state index contributed by atoms with van der Waals surface area (Å²) in [4.78, 5) is 3.17. The van der Waals surface area contributed by atoms with Crippen LogP contribution in [0.3, 0.4) is 0 Å². The molecule has 0 saturated carbocycles. The van der Waals surface area contributed by atoms with Crippen LogP contribution in [0.15, 0.2) is 24.4 Å². The molecule has 0 radical (unpaired) electrons. The fourth-order valence-electron chi connectivity index (χ4n) is 1.64. The smallest absolute Gasteiger partial charge is 0.0474 e. The lowest BCUT2D eigenvalue weighted by molar-refractivity contribution is 0.300. The first-order valence-corrected chi connectivity index (χ1v) is 5.14. The maximum Gasteiger partial charge on any atom is 0.0474 e. The van der Waals surface area contributed by atoms with Crippen molar-refractivity contribution in [2.45, 2.75) is 12.3 Å². The molecule has 0 aliphatic carbocycles. The SMILES string of the molecule is OCCc1c[nH]c2ccc(CCl)cc12. The fraction of sp³-hybridized carbons (Fsp3) is 0.273. The highest BCUT2D eigenvalue weighted by atomic mass is 35.5. The Balaban J connectivity index is 2.52. The van der Waals surface area contributed by atoms with E-state index in [0.29, 0.717) is 12.3 Å². The minimum absolute atomic E-state index is 0.179. The van der Waals surface area contributed by atoms with Crippen LogP contribution in [0.5, 0.6) is 0 Å². The topological polar surface area (TPSA) is 36.0 Å². The molecule has 0 atom stereocenters. The lowest BCUT2D eigenvalue weighted by Crippen LogP contribution is -1.88. The molecule has 0 aliphatic heterocycles. The number of hydrogen-bond donors (Lipinski definition) is 2. The number of hydrogen-bond acceptors (Lipinski definition) is 1. The lowest BCUT2D eigenvalue weighted by Gasteiger charge is -1.98. The minimum atomic E-state index is 0.179. The van der Waals surface area contributed by atoms with Crippen molar-refractivity contribution in [3.05, 3.63) is 35.5 Å². The molecule has 74 valence electrons. The number of alkyl halides is 1. The predicted octanol–water partition coefficient (Wildman–Crippen LogP) is 2.44. The zero-order valence-electron chi connectivity index (χ0n) is 7.76. The Morgan fingerprint density at radius 2 is 2.21 bits per heavy atom. The molecule has 0 aliphatic rings. The van der Waals surface area contributed by atoms with Gasteiger partial charge in [0, 0.05) is 29.6 Å². The number of aliphatic hydroxyl groups excluding tert-OH is 1. The van der Waals surface area contributed by atoms with Crippen LogP contribution >= 0.6 is 11.6 Å². The quantitative estimate of drug-likeness (QED) is 0.749. The number of rotatable bonds is 3. The van der Waals surface area contributed by atoms with Crippen molar-refractivity contribution in [3.8, 4) is 0 Å². The number of fused-ring (bicyclic) bond motifs is 1. The zero-order chi connectivity index (χ0) is 9.97. The largest absolute Gasteiger partial charge is 0.396 e. The third kappa shape index (κ3) is 1.63. The summed E-state index contributed by atoms with van der Waals surface area (Å²) in [6.07, 6.45) is 2.63. The van der Waals surface area contributed by atoms with Gasteiger partial charge in [0.05, 0.1) is 0 Å². The van der Waals surface area contributed by atoms with Gasteiger partial charge in [-0.3, -0.25) is 0 Å². The van der Waals surface area contributed by atoms with Crippen LogP contribution in [0.25, 0.3) is 10.9 Å². The second-order valence-electron chi connectivity index (χ2n) is 3.30. The van der Waals surface area contributed by atoms with Crippen LogP contribution in [-0.2, 0) is 12.3 Å². The predicted molar refractivity (Wildman–Crippen MR) is 58.6 cm³/mol. The van der Waals surface area contributed by atoms with Crippen LogP contribution in [-0.4, -0.2) is 16.7 Å². The highest BCUT2D eigenvalue weighted by molar-refractivity contribution is 6.17. The average molecular weight is 210 g/mol. The van der Waals surface area contributed by atoms with Gasteiger partial charge in [-0.05, 0) is 29.7 Å². The summed E-state index contributed by atoms with van der Waals surface area (Å²) in [6, 6.07) is 6.10. The van der Waals surface area contributed by atoms with Crippen LogP contribution in [0.2, 0.25) is 0 Å². The molecule has 0 spiro atoms. The van der Waals surface area contributed by atoms with Crippen molar-refractivity contribution in [2.24, 2.45) is 0 Å². The van der Waals surface area contributed by atoms with Gasteiger partial charge in [0.25, 0.3) is 0 Å². The molecule has 0 amide bonds. The zero-order valence-corrected chi connectivity index (χ0v) is 8.51. The maximum atomic E-state index is 8.88. The molecule has 2 aromatic rings. The summed E-state index contributed by atoms with van der Waals surface area (Å²) >= 11 is 5.76. The molecule has 2 rings (SSSR count). The minimum Gasteiger partial charge on any atom is -0.396 e. The standard InChI is InChI=1S/C11H12ClNO/c12-6-8-1-2-11-10(5-8)9(3-4-14)7-13-11/h1-2,5,7,13-14H,3-4,6H2. The molecule has 1 aromatic heterocycles. The van der Waals surface area contributed by atoms with E-state index in [1.54, 1.807) is 0 Å². The molecule has 2 N–H and O–H groups in total. The van der Waals surface area contributed by atoms with Gasteiger partial charge < -0.3 is 10.1 Å². The van der Waals surface area contributed by atoms with E-state index in [2.05, 4.69) is 11.1 Å². The summed E-state index contributed by atoms with van der Waals surface area (Å²) in [5.41, 5.74) is 3.36. The second-order valence-corrected chi connectivity index (χ2v) is 3.57. The van der Waals surface area contributed by atoms with E-state index in [1.165, 1.54) is 0 Å². The van der Waals surface area contributed by atoms with Crippen LogP contribution < -0.4 is 0 Å². The Morgan fingerprint density at radius 3 is 2.93 bits per heavy atom. The first-order chi connectivity index (χ1) is 6.85. The third-order valence-electron chi connectivity index (χ3n) is 2.37. The molecular weight excluding hydrogens is 198 g/mol. The molecule has 1 aromatic carbocycles. The van der Waals surface area contributed by atoms with Crippen molar-refractivity contribution in [1.29, 1.82) is 0 Å². The number of nitrogens with one attached hydrogen (secondary N) is 1. The van der Waals surface area contributed by atoms with E-state index in [9.17, 15) is 0 Å². The molecule has 2 nitrogen and oxygen atoms in total. The Labute approximate surface area is 87.5 Å².